The third-order valence-corrected chi connectivity index (χ3v) is 5.12. The van der Waals surface area contributed by atoms with Gasteiger partial charge in [-0.2, -0.15) is 0 Å². The second-order valence-electron chi connectivity index (χ2n) is 6.03. The summed E-state index contributed by atoms with van der Waals surface area (Å²) in [5.74, 6) is 0. The summed E-state index contributed by atoms with van der Waals surface area (Å²) in [5, 5.41) is 0. The van der Waals surface area contributed by atoms with E-state index in [-0.39, 0.29) is 0 Å². The number of likely N-dealkylation sites (tertiary alicyclic amines) is 1. The Hall–Kier alpha value is -1.02. The summed E-state index contributed by atoms with van der Waals surface area (Å²) >= 11 is 0. The fraction of sp³-hybridized carbons (Fsp3) is 0.625. The molecule has 2 bridgehead atoms. The molecule has 98 valence electrons. The first kappa shape index (κ1) is 12.0. The molecule has 0 amide bonds. The number of nitrogen functional groups attached to an aromatic ring is 1. The number of benzene rings is 1. The van der Waals surface area contributed by atoms with Crippen molar-refractivity contribution >= 4 is 5.69 Å². The van der Waals surface area contributed by atoms with Crippen molar-refractivity contribution in [2.75, 3.05) is 18.8 Å². The molecular weight excluding hydrogens is 220 g/mol. The molecule has 1 saturated heterocycles. The van der Waals surface area contributed by atoms with Gasteiger partial charge in [0.25, 0.3) is 0 Å². The molecule has 1 aromatic carbocycles. The largest absolute Gasteiger partial charge is 0.399 e. The van der Waals surface area contributed by atoms with Gasteiger partial charge in [-0.1, -0.05) is 25.5 Å². The van der Waals surface area contributed by atoms with Gasteiger partial charge in [-0.15, -0.1) is 0 Å². The molecule has 2 N–H and O–H groups in total. The normalized spacial score (nSPS) is 32.4. The zero-order valence-electron chi connectivity index (χ0n) is 11.4. The van der Waals surface area contributed by atoms with E-state index in [2.05, 4.69) is 30.0 Å². The minimum absolute atomic E-state index is 0.421. The van der Waals surface area contributed by atoms with E-state index in [0.29, 0.717) is 5.41 Å². The molecule has 0 spiro atoms. The summed E-state index contributed by atoms with van der Waals surface area (Å²) in [6, 6.07) is 9.43. The van der Waals surface area contributed by atoms with Crippen molar-refractivity contribution < 1.29 is 0 Å². The first-order chi connectivity index (χ1) is 8.73. The van der Waals surface area contributed by atoms with Gasteiger partial charge in [-0.25, -0.2) is 0 Å². The minimum atomic E-state index is 0.421. The Bertz CT molecular complexity index is 429. The van der Waals surface area contributed by atoms with E-state index < -0.39 is 0 Å². The lowest BCUT2D eigenvalue weighted by molar-refractivity contribution is 0.0558. The summed E-state index contributed by atoms with van der Waals surface area (Å²) in [7, 11) is 0. The van der Waals surface area contributed by atoms with Crippen LogP contribution in [0.25, 0.3) is 0 Å². The van der Waals surface area contributed by atoms with Crippen molar-refractivity contribution in [3.8, 4) is 0 Å². The van der Waals surface area contributed by atoms with Crippen molar-refractivity contribution in [2.24, 2.45) is 0 Å². The van der Waals surface area contributed by atoms with Crippen molar-refractivity contribution in [1.82, 2.24) is 4.90 Å². The maximum absolute atomic E-state index is 5.97. The molecule has 1 aliphatic carbocycles. The van der Waals surface area contributed by atoms with E-state index in [1.165, 1.54) is 50.8 Å². The molecule has 18 heavy (non-hydrogen) atoms. The van der Waals surface area contributed by atoms with E-state index in [1.807, 2.05) is 6.07 Å². The van der Waals surface area contributed by atoms with E-state index in [4.69, 9.17) is 5.73 Å². The smallest absolute Gasteiger partial charge is 0.0316 e. The quantitative estimate of drug-likeness (QED) is 0.810. The van der Waals surface area contributed by atoms with E-state index in [1.54, 1.807) is 0 Å². The van der Waals surface area contributed by atoms with Crippen molar-refractivity contribution in [3.63, 3.8) is 0 Å². The molecule has 1 heterocycles. The van der Waals surface area contributed by atoms with Crippen LogP contribution < -0.4 is 5.73 Å². The van der Waals surface area contributed by atoms with E-state index in [9.17, 15) is 0 Å². The van der Waals surface area contributed by atoms with Crippen molar-refractivity contribution in [2.45, 2.75) is 50.5 Å². The zero-order chi connectivity index (χ0) is 12.6. The molecule has 2 aliphatic rings. The number of hydrogen-bond donors (Lipinski definition) is 1. The number of nitrogens with two attached hydrogens (primary N) is 1. The van der Waals surface area contributed by atoms with Gasteiger partial charge >= 0.3 is 0 Å². The van der Waals surface area contributed by atoms with Crippen LogP contribution in [0.2, 0.25) is 0 Å². The molecule has 2 atom stereocenters. The average Bonchev–Trinajstić information content (AvgIpc) is 2.39. The van der Waals surface area contributed by atoms with E-state index >= 15 is 0 Å². The maximum atomic E-state index is 5.97. The first-order valence-electron chi connectivity index (χ1n) is 7.33. The average molecular weight is 244 g/mol. The number of piperidine rings is 1. The lowest BCUT2D eigenvalue weighted by Crippen LogP contribution is -2.51. The Labute approximate surface area is 110 Å². The Morgan fingerprint density at radius 2 is 2.28 bits per heavy atom. The monoisotopic (exact) mass is 244 g/mol. The molecule has 1 aliphatic heterocycles. The predicted molar refractivity (Wildman–Crippen MR) is 76.7 cm³/mol. The standard InChI is InChI=1S/C16H24N2/c1-2-18-10-9-16(8-4-7-15(18)12-16)13-5-3-6-14(17)11-13/h3,5-6,11,15H,2,4,7-10,12,17H2,1H3. The molecule has 2 heteroatoms. The van der Waals surface area contributed by atoms with Gasteiger partial charge in [0.2, 0.25) is 0 Å². The molecule has 3 rings (SSSR count). The minimum Gasteiger partial charge on any atom is -0.399 e. The van der Waals surface area contributed by atoms with Gasteiger partial charge in [-0.3, -0.25) is 0 Å². The molecule has 2 unspecified atom stereocenters. The van der Waals surface area contributed by atoms with Gasteiger partial charge in [0.1, 0.15) is 0 Å². The van der Waals surface area contributed by atoms with Crippen LogP contribution in [0.15, 0.2) is 24.3 Å². The highest BCUT2D eigenvalue weighted by atomic mass is 15.2. The van der Waals surface area contributed by atoms with Crippen molar-refractivity contribution in [1.29, 1.82) is 0 Å². The van der Waals surface area contributed by atoms with Gasteiger partial charge < -0.3 is 10.6 Å². The van der Waals surface area contributed by atoms with Crippen LogP contribution in [0.4, 0.5) is 5.69 Å². The molecular formula is C16H24N2. The molecule has 0 aromatic heterocycles. The fourth-order valence-corrected chi connectivity index (χ4v) is 4.10. The topological polar surface area (TPSA) is 29.3 Å². The number of anilines is 1. The predicted octanol–water partition coefficient (Wildman–Crippen LogP) is 3.17. The summed E-state index contributed by atoms with van der Waals surface area (Å²) in [4.78, 5) is 2.67. The lowest BCUT2D eigenvalue weighted by atomic mass is 9.63. The van der Waals surface area contributed by atoms with Crippen LogP contribution in [-0.4, -0.2) is 24.0 Å². The Morgan fingerprint density at radius 3 is 3.06 bits per heavy atom. The third kappa shape index (κ3) is 1.93. The summed E-state index contributed by atoms with van der Waals surface area (Å²) in [6.45, 7) is 4.76. The van der Waals surface area contributed by atoms with Gasteiger partial charge in [0.05, 0.1) is 0 Å². The van der Waals surface area contributed by atoms with Crippen LogP contribution >= 0.6 is 0 Å². The molecule has 1 saturated carbocycles. The second-order valence-corrected chi connectivity index (χ2v) is 6.03. The highest BCUT2D eigenvalue weighted by Gasteiger charge is 2.43. The van der Waals surface area contributed by atoms with E-state index in [0.717, 1.165) is 11.7 Å². The van der Waals surface area contributed by atoms with Gasteiger partial charge in [0, 0.05) is 11.7 Å². The second kappa shape index (κ2) is 4.58. The number of nitrogens with zero attached hydrogens (tertiary/aromatic N) is 1. The van der Waals surface area contributed by atoms with Crippen LogP contribution in [0.5, 0.6) is 0 Å². The maximum Gasteiger partial charge on any atom is 0.0316 e. The van der Waals surface area contributed by atoms with Gasteiger partial charge in [-0.05, 0) is 61.9 Å². The number of fused-ring (bicyclic) bond motifs is 2. The fourth-order valence-electron chi connectivity index (χ4n) is 4.10. The highest BCUT2D eigenvalue weighted by molar-refractivity contribution is 5.44. The van der Waals surface area contributed by atoms with Crippen LogP contribution in [-0.2, 0) is 5.41 Å². The van der Waals surface area contributed by atoms with Crippen LogP contribution in [0.1, 0.15) is 44.6 Å². The Kier molecular flexibility index (Phi) is 3.06. The summed E-state index contributed by atoms with van der Waals surface area (Å²) in [6.07, 6.45) is 6.75. The molecule has 2 nitrogen and oxygen atoms in total. The van der Waals surface area contributed by atoms with Crippen LogP contribution in [0, 0.1) is 0 Å². The first-order valence-corrected chi connectivity index (χ1v) is 7.33. The summed E-state index contributed by atoms with van der Waals surface area (Å²) < 4.78 is 0. The number of hydrogen-bond acceptors (Lipinski definition) is 2. The highest BCUT2D eigenvalue weighted by Crippen LogP contribution is 2.47. The Balaban J connectivity index is 1.91. The zero-order valence-corrected chi connectivity index (χ0v) is 11.4. The Morgan fingerprint density at radius 1 is 1.39 bits per heavy atom. The lowest BCUT2D eigenvalue weighted by Gasteiger charge is -2.50. The molecule has 2 fully saturated rings. The summed E-state index contributed by atoms with van der Waals surface area (Å²) in [5.41, 5.74) is 8.80. The molecule has 0 radical (unpaired) electrons. The van der Waals surface area contributed by atoms with Gasteiger partial charge in [0.15, 0.2) is 0 Å². The SMILES string of the molecule is CCN1CCC2(c3cccc(N)c3)CCCC1C2. The van der Waals surface area contributed by atoms with Crippen LogP contribution in [0.3, 0.4) is 0 Å². The third-order valence-electron chi connectivity index (χ3n) is 5.12. The van der Waals surface area contributed by atoms with Crippen molar-refractivity contribution in [3.05, 3.63) is 29.8 Å². The molecule has 1 aromatic rings. The number of rotatable bonds is 2.